The van der Waals surface area contributed by atoms with Crippen LogP contribution in [-0.2, 0) is 13.0 Å². The summed E-state index contributed by atoms with van der Waals surface area (Å²) in [6.45, 7) is 3.75. The molecule has 2 N–H and O–H groups in total. The van der Waals surface area contributed by atoms with E-state index in [0.717, 1.165) is 42.4 Å². The third kappa shape index (κ3) is 1.93. The number of rotatable bonds is 1. The molecule has 4 rings (SSSR count). The highest BCUT2D eigenvalue weighted by Gasteiger charge is 2.21. The van der Waals surface area contributed by atoms with Crippen molar-refractivity contribution >= 4 is 17.3 Å². The highest BCUT2D eigenvalue weighted by Crippen LogP contribution is 2.26. The zero-order chi connectivity index (χ0) is 14.4. The predicted octanol–water partition coefficient (Wildman–Crippen LogP) is 2.18. The monoisotopic (exact) mass is 279 g/mol. The highest BCUT2D eigenvalue weighted by atomic mass is 15.4. The average Bonchev–Trinajstić information content (AvgIpc) is 2.93. The maximum absolute atomic E-state index is 6.11. The molecule has 0 fully saturated rings. The van der Waals surface area contributed by atoms with Crippen LogP contribution in [-0.4, -0.2) is 21.1 Å². The second-order valence-corrected chi connectivity index (χ2v) is 5.53. The lowest BCUT2D eigenvalue weighted by Gasteiger charge is -2.28. The van der Waals surface area contributed by atoms with Crippen LogP contribution in [0.2, 0.25) is 0 Å². The number of pyridine rings is 1. The Morgan fingerprint density at radius 1 is 1.19 bits per heavy atom. The zero-order valence-electron chi connectivity index (χ0n) is 12.0. The van der Waals surface area contributed by atoms with Gasteiger partial charge in [-0.05, 0) is 42.2 Å². The van der Waals surface area contributed by atoms with Gasteiger partial charge in [0.25, 0.3) is 0 Å². The summed E-state index contributed by atoms with van der Waals surface area (Å²) in [5, 5.41) is 4.59. The SMILES string of the molecule is Cc1cccn2nc(N3CCc4cccc(N)c4C3)nc12. The van der Waals surface area contributed by atoms with E-state index in [2.05, 4.69) is 34.0 Å². The molecule has 0 amide bonds. The molecular formula is C16H17N5. The van der Waals surface area contributed by atoms with E-state index in [0.29, 0.717) is 0 Å². The molecule has 3 aromatic rings. The van der Waals surface area contributed by atoms with Crippen LogP contribution in [0.15, 0.2) is 36.5 Å². The van der Waals surface area contributed by atoms with Crippen LogP contribution in [0.4, 0.5) is 11.6 Å². The molecule has 0 saturated heterocycles. The maximum atomic E-state index is 6.11. The van der Waals surface area contributed by atoms with Crippen LogP contribution in [0.3, 0.4) is 0 Å². The maximum Gasteiger partial charge on any atom is 0.245 e. The minimum atomic E-state index is 0.776. The van der Waals surface area contributed by atoms with Gasteiger partial charge in [0.2, 0.25) is 5.95 Å². The molecule has 3 heterocycles. The minimum absolute atomic E-state index is 0.776. The summed E-state index contributed by atoms with van der Waals surface area (Å²) in [6.07, 6.45) is 2.92. The van der Waals surface area contributed by atoms with Gasteiger partial charge in [0, 0.05) is 25.0 Å². The summed E-state index contributed by atoms with van der Waals surface area (Å²) in [6, 6.07) is 10.2. The minimum Gasteiger partial charge on any atom is -0.398 e. The highest BCUT2D eigenvalue weighted by molar-refractivity contribution is 5.56. The molecule has 0 unspecified atom stereocenters. The topological polar surface area (TPSA) is 59.5 Å². The van der Waals surface area contributed by atoms with E-state index in [1.165, 1.54) is 11.1 Å². The van der Waals surface area contributed by atoms with E-state index < -0.39 is 0 Å². The average molecular weight is 279 g/mol. The molecule has 0 atom stereocenters. The molecule has 21 heavy (non-hydrogen) atoms. The summed E-state index contributed by atoms with van der Waals surface area (Å²) in [5.41, 5.74) is 11.6. The number of nitrogens with zero attached hydrogens (tertiary/aromatic N) is 4. The van der Waals surface area contributed by atoms with Crippen molar-refractivity contribution in [3.8, 4) is 0 Å². The third-order valence-electron chi connectivity index (χ3n) is 4.14. The Balaban J connectivity index is 1.74. The summed E-state index contributed by atoms with van der Waals surface area (Å²) >= 11 is 0. The van der Waals surface area contributed by atoms with Gasteiger partial charge in [-0.2, -0.15) is 4.98 Å². The molecule has 1 aliphatic rings. The summed E-state index contributed by atoms with van der Waals surface area (Å²) in [4.78, 5) is 6.88. The standard InChI is InChI=1S/C16H17N5/c1-11-4-3-8-21-15(11)18-16(19-21)20-9-7-12-5-2-6-14(17)13(12)10-20/h2-6,8H,7,9-10,17H2,1H3. The Hall–Kier alpha value is -2.56. The van der Waals surface area contributed by atoms with Crippen LogP contribution in [0.25, 0.3) is 5.65 Å². The Bertz CT molecular complexity index is 821. The first-order valence-corrected chi connectivity index (χ1v) is 7.15. The zero-order valence-corrected chi connectivity index (χ0v) is 12.0. The second kappa shape index (κ2) is 4.48. The van der Waals surface area contributed by atoms with Gasteiger partial charge in [-0.1, -0.05) is 18.2 Å². The van der Waals surface area contributed by atoms with Gasteiger partial charge in [0.05, 0.1) is 0 Å². The second-order valence-electron chi connectivity index (χ2n) is 5.53. The van der Waals surface area contributed by atoms with Gasteiger partial charge in [-0.3, -0.25) is 0 Å². The van der Waals surface area contributed by atoms with Gasteiger partial charge in [-0.25, -0.2) is 4.52 Å². The first kappa shape index (κ1) is 12.2. The third-order valence-corrected chi connectivity index (χ3v) is 4.14. The summed E-state index contributed by atoms with van der Waals surface area (Å²) < 4.78 is 1.84. The van der Waals surface area contributed by atoms with Crippen molar-refractivity contribution in [1.29, 1.82) is 0 Å². The molecule has 1 aliphatic heterocycles. The first-order valence-electron chi connectivity index (χ1n) is 7.15. The van der Waals surface area contributed by atoms with Gasteiger partial charge in [0.15, 0.2) is 5.65 Å². The van der Waals surface area contributed by atoms with E-state index in [9.17, 15) is 0 Å². The number of hydrogen-bond donors (Lipinski definition) is 1. The molecule has 0 aliphatic carbocycles. The molecule has 0 radical (unpaired) electrons. The predicted molar refractivity (Wildman–Crippen MR) is 83.3 cm³/mol. The number of anilines is 2. The van der Waals surface area contributed by atoms with E-state index >= 15 is 0 Å². The number of benzene rings is 1. The van der Waals surface area contributed by atoms with Crippen molar-refractivity contribution in [3.63, 3.8) is 0 Å². The molecule has 5 heteroatoms. The number of fused-ring (bicyclic) bond motifs is 2. The van der Waals surface area contributed by atoms with Gasteiger partial charge < -0.3 is 10.6 Å². The van der Waals surface area contributed by atoms with Crippen LogP contribution >= 0.6 is 0 Å². The largest absolute Gasteiger partial charge is 0.398 e. The van der Waals surface area contributed by atoms with Crippen LogP contribution in [0.1, 0.15) is 16.7 Å². The number of aromatic nitrogens is 3. The number of nitrogen functional groups attached to an aromatic ring is 1. The van der Waals surface area contributed by atoms with Crippen molar-refractivity contribution in [2.45, 2.75) is 19.9 Å². The lowest BCUT2D eigenvalue weighted by atomic mass is 9.98. The van der Waals surface area contributed by atoms with E-state index in [4.69, 9.17) is 5.73 Å². The quantitative estimate of drug-likeness (QED) is 0.694. The van der Waals surface area contributed by atoms with Crippen LogP contribution in [0.5, 0.6) is 0 Å². The van der Waals surface area contributed by atoms with Gasteiger partial charge >= 0.3 is 0 Å². The molecule has 0 saturated carbocycles. The van der Waals surface area contributed by atoms with Crippen molar-refractivity contribution in [1.82, 2.24) is 14.6 Å². The van der Waals surface area contributed by atoms with E-state index in [-0.39, 0.29) is 0 Å². The molecular weight excluding hydrogens is 262 g/mol. The lowest BCUT2D eigenvalue weighted by Crippen LogP contribution is -2.31. The van der Waals surface area contributed by atoms with Crippen molar-refractivity contribution in [2.24, 2.45) is 0 Å². The fourth-order valence-corrected chi connectivity index (χ4v) is 2.94. The van der Waals surface area contributed by atoms with Crippen LogP contribution in [0, 0.1) is 6.92 Å². The van der Waals surface area contributed by atoms with E-state index in [1.807, 2.05) is 28.9 Å². The Kier molecular flexibility index (Phi) is 2.60. The molecule has 1 aromatic carbocycles. The summed E-state index contributed by atoms with van der Waals surface area (Å²) in [5.74, 6) is 0.776. The van der Waals surface area contributed by atoms with E-state index in [1.54, 1.807) is 0 Å². The fourth-order valence-electron chi connectivity index (χ4n) is 2.94. The van der Waals surface area contributed by atoms with Crippen LogP contribution < -0.4 is 10.6 Å². The lowest BCUT2D eigenvalue weighted by molar-refractivity contribution is 0.708. The van der Waals surface area contributed by atoms with Crippen molar-refractivity contribution < 1.29 is 0 Å². The normalized spacial score (nSPS) is 14.4. The van der Waals surface area contributed by atoms with Crippen molar-refractivity contribution in [2.75, 3.05) is 17.2 Å². The van der Waals surface area contributed by atoms with Gasteiger partial charge in [0.1, 0.15) is 0 Å². The molecule has 5 nitrogen and oxygen atoms in total. The smallest absolute Gasteiger partial charge is 0.245 e. The summed E-state index contributed by atoms with van der Waals surface area (Å²) in [7, 11) is 0. The number of hydrogen-bond acceptors (Lipinski definition) is 4. The molecule has 0 spiro atoms. The van der Waals surface area contributed by atoms with Gasteiger partial charge in [-0.15, -0.1) is 5.10 Å². The first-order chi connectivity index (χ1) is 10.2. The Labute approximate surface area is 123 Å². The molecule has 0 bridgehead atoms. The van der Waals surface area contributed by atoms with Crippen molar-refractivity contribution in [3.05, 3.63) is 53.2 Å². The fraction of sp³-hybridized carbons (Fsp3) is 0.250. The molecule has 106 valence electrons. The number of nitrogens with two attached hydrogens (primary N) is 1. The number of aryl methyl sites for hydroxylation is 1. The molecule has 2 aromatic heterocycles. The Morgan fingerprint density at radius 2 is 2.10 bits per heavy atom. The Morgan fingerprint density at radius 3 is 2.95 bits per heavy atom.